The summed E-state index contributed by atoms with van der Waals surface area (Å²) in [6.07, 6.45) is 1.52. The van der Waals surface area contributed by atoms with E-state index in [1.807, 2.05) is 12.1 Å². The number of carbonyl (C=O) groups is 1. The Bertz CT molecular complexity index is 1250. The smallest absolute Gasteiger partial charge is 0.342 e. The molecule has 31 heavy (non-hydrogen) atoms. The topological polar surface area (TPSA) is 72.6 Å². The maximum atomic E-state index is 13.8. The van der Waals surface area contributed by atoms with Gasteiger partial charge in [0.25, 0.3) is 5.22 Å². The predicted molar refractivity (Wildman–Crippen MR) is 120 cm³/mol. The molecule has 4 aromatic rings. The molecule has 0 aliphatic rings. The number of aliphatic carboxylic acids is 1. The molecule has 3 aromatic carbocycles. The fraction of sp³-hybridized carbons (Fsp3) is 0.0435. The first-order chi connectivity index (χ1) is 15.0. The monoisotopic (exact) mass is 499 g/mol. The number of carboxylic acids is 1. The van der Waals surface area contributed by atoms with Gasteiger partial charge in [-0.15, -0.1) is 0 Å². The lowest BCUT2D eigenvalue weighted by molar-refractivity contribution is -0.131. The van der Waals surface area contributed by atoms with Crippen molar-refractivity contribution in [2.24, 2.45) is 0 Å². The molecule has 0 aliphatic heterocycles. The Kier molecular flexibility index (Phi) is 6.39. The summed E-state index contributed by atoms with van der Waals surface area (Å²) < 4.78 is 25.7. The number of fused-ring (bicyclic) bond motifs is 1. The molecule has 5 nitrogen and oxygen atoms in total. The molecule has 8 heteroatoms. The van der Waals surface area contributed by atoms with Crippen molar-refractivity contribution in [1.82, 2.24) is 4.98 Å². The van der Waals surface area contributed by atoms with Crippen molar-refractivity contribution in [2.45, 2.75) is 11.8 Å². The summed E-state index contributed by atoms with van der Waals surface area (Å²) in [6.45, 7) is 0.0778. The largest absolute Gasteiger partial charge is 0.488 e. The molecule has 0 unspecified atom stereocenters. The fourth-order valence-electron chi connectivity index (χ4n) is 2.77. The van der Waals surface area contributed by atoms with Gasteiger partial charge >= 0.3 is 5.97 Å². The summed E-state index contributed by atoms with van der Waals surface area (Å²) in [6, 6.07) is 18.8. The first-order valence-corrected chi connectivity index (χ1v) is 10.7. The van der Waals surface area contributed by atoms with Gasteiger partial charge in [0, 0.05) is 5.56 Å². The van der Waals surface area contributed by atoms with E-state index in [-0.39, 0.29) is 22.6 Å². The van der Waals surface area contributed by atoms with Gasteiger partial charge in [0.1, 0.15) is 28.6 Å². The number of halogens is 2. The number of para-hydroxylation sites is 2. The molecule has 0 saturated carbocycles. The third-order valence-corrected chi connectivity index (χ3v) is 5.76. The van der Waals surface area contributed by atoms with E-state index in [4.69, 9.17) is 9.15 Å². The normalized spacial score (nSPS) is 11.6. The highest BCUT2D eigenvalue weighted by atomic mass is 79.9. The first kappa shape index (κ1) is 21.1. The summed E-state index contributed by atoms with van der Waals surface area (Å²) >= 11 is 4.36. The molecule has 0 aliphatic carbocycles. The van der Waals surface area contributed by atoms with E-state index in [0.717, 1.165) is 11.8 Å². The highest BCUT2D eigenvalue weighted by Crippen LogP contribution is 2.32. The summed E-state index contributed by atoms with van der Waals surface area (Å²) in [4.78, 5) is 16.1. The van der Waals surface area contributed by atoms with Gasteiger partial charge in [0.05, 0.1) is 4.47 Å². The number of oxazole rings is 1. The minimum absolute atomic E-state index is 0.0541. The van der Waals surface area contributed by atoms with E-state index >= 15 is 0 Å². The van der Waals surface area contributed by atoms with Crippen LogP contribution in [0, 0.1) is 5.82 Å². The SMILES string of the molecule is O=C(O)/C(=C/c1ccc(OCc2ccccc2F)c(Br)c1)Sc1nc2ccccc2o1. The van der Waals surface area contributed by atoms with E-state index in [1.54, 1.807) is 48.5 Å². The van der Waals surface area contributed by atoms with Gasteiger partial charge in [-0.25, -0.2) is 14.2 Å². The van der Waals surface area contributed by atoms with Gasteiger partial charge in [-0.05, 0) is 69.7 Å². The second-order valence-corrected chi connectivity index (χ2v) is 8.28. The maximum Gasteiger partial charge on any atom is 0.342 e. The second-order valence-electron chi connectivity index (χ2n) is 6.43. The number of benzene rings is 3. The van der Waals surface area contributed by atoms with Crippen LogP contribution in [0.15, 0.2) is 85.7 Å². The van der Waals surface area contributed by atoms with E-state index in [2.05, 4.69) is 20.9 Å². The Balaban J connectivity index is 1.52. The van der Waals surface area contributed by atoms with Gasteiger partial charge in [0.2, 0.25) is 0 Å². The highest BCUT2D eigenvalue weighted by Gasteiger charge is 2.15. The average Bonchev–Trinajstić information content (AvgIpc) is 3.16. The lowest BCUT2D eigenvalue weighted by Crippen LogP contribution is -1.99. The second kappa shape index (κ2) is 9.36. The summed E-state index contributed by atoms with van der Waals surface area (Å²) in [5.74, 6) is -0.910. The Morgan fingerprint density at radius 1 is 1.16 bits per heavy atom. The molecule has 4 rings (SSSR count). The predicted octanol–water partition coefficient (Wildman–Crippen LogP) is 6.53. The van der Waals surface area contributed by atoms with Crippen LogP contribution >= 0.6 is 27.7 Å². The zero-order chi connectivity index (χ0) is 21.8. The zero-order valence-electron chi connectivity index (χ0n) is 15.9. The van der Waals surface area contributed by atoms with E-state index in [9.17, 15) is 14.3 Å². The van der Waals surface area contributed by atoms with Crippen LogP contribution in [0.5, 0.6) is 5.75 Å². The van der Waals surface area contributed by atoms with Gasteiger partial charge < -0.3 is 14.3 Å². The number of ether oxygens (including phenoxy) is 1. The molecule has 1 heterocycles. The summed E-state index contributed by atoms with van der Waals surface area (Å²) in [5, 5.41) is 9.85. The van der Waals surface area contributed by atoms with Gasteiger partial charge in [0.15, 0.2) is 5.58 Å². The Labute approximate surface area is 189 Å². The van der Waals surface area contributed by atoms with Crippen molar-refractivity contribution in [2.75, 3.05) is 0 Å². The van der Waals surface area contributed by atoms with Crippen LogP contribution in [0.25, 0.3) is 17.2 Å². The molecule has 0 amide bonds. The van der Waals surface area contributed by atoms with Crippen LogP contribution in [0.4, 0.5) is 4.39 Å². The Morgan fingerprint density at radius 3 is 2.68 bits per heavy atom. The number of aromatic nitrogens is 1. The minimum Gasteiger partial charge on any atom is -0.488 e. The summed E-state index contributed by atoms with van der Waals surface area (Å²) in [5.41, 5.74) is 2.34. The molecule has 0 spiro atoms. The van der Waals surface area contributed by atoms with Crippen molar-refractivity contribution >= 4 is 50.8 Å². The Morgan fingerprint density at radius 2 is 1.94 bits per heavy atom. The van der Waals surface area contributed by atoms with Crippen LogP contribution in [0.2, 0.25) is 0 Å². The van der Waals surface area contributed by atoms with Crippen LogP contribution < -0.4 is 4.74 Å². The molecular weight excluding hydrogens is 485 g/mol. The molecule has 0 saturated heterocycles. The van der Waals surface area contributed by atoms with Gasteiger partial charge in [-0.2, -0.15) is 0 Å². The quantitative estimate of drug-likeness (QED) is 0.230. The molecule has 1 N–H and O–H groups in total. The average molecular weight is 500 g/mol. The van der Waals surface area contributed by atoms with Crippen LogP contribution in [0.1, 0.15) is 11.1 Å². The zero-order valence-corrected chi connectivity index (χ0v) is 18.3. The van der Waals surface area contributed by atoms with Crippen molar-refractivity contribution in [3.05, 3.63) is 93.1 Å². The molecule has 0 radical (unpaired) electrons. The van der Waals surface area contributed by atoms with Crippen LogP contribution in [-0.2, 0) is 11.4 Å². The van der Waals surface area contributed by atoms with E-state index < -0.39 is 5.97 Å². The number of nitrogens with zero attached hydrogens (tertiary/aromatic N) is 1. The molecule has 156 valence electrons. The number of hydrogen-bond acceptors (Lipinski definition) is 5. The molecule has 0 atom stereocenters. The minimum atomic E-state index is -1.09. The number of hydrogen-bond donors (Lipinski definition) is 1. The third kappa shape index (κ3) is 5.15. The van der Waals surface area contributed by atoms with Crippen molar-refractivity contribution in [1.29, 1.82) is 0 Å². The first-order valence-electron chi connectivity index (χ1n) is 9.14. The van der Waals surface area contributed by atoms with Crippen molar-refractivity contribution in [3.63, 3.8) is 0 Å². The lowest BCUT2D eigenvalue weighted by atomic mass is 10.2. The van der Waals surface area contributed by atoms with Gasteiger partial charge in [-0.1, -0.05) is 36.4 Å². The van der Waals surface area contributed by atoms with Crippen molar-refractivity contribution in [3.8, 4) is 5.75 Å². The number of carboxylic acid groups (broad SMARTS) is 1. The van der Waals surface area contributed by atoms with E-state index in [0.29, 0.717) is 32.4 Å². The fourth-order valence-corrected chi connectivity index (χ4v) is 4.03. The number of rotatable bonds is 7. The number of thioether (sulfide) groups is 1. The van der Waals surface area contributed by atoms with Gasteiger partial charge in [-0.3, -0.25) is 0 Å². The standard InChI is InChI=1S/C23H15BrFNO4S/c24-16-11-14(9-10-19(16)29-13-15-5-1-2-6-17(15)25)12-21(22(27)28)31-23-26-18-7-3-4-8-20(18)30-23/h1-12H,13H2,(H,27,28)/b21-12-. The Hall–Kier alpha value is -3.10. The van der Waals surface area contributed by atoms with E-state index in [1.165, 1.54) is 12.1 Å². The maximum absolute atomic E-state index is 13.8. The molecule has 0 bridgehead atoms. The van der Waals surface area contributed by atoms with Crippen LogP contribution in [0.3, 0.4) is 0 Å². The third-order valence-electron chi connectivity index (χ3n) is 4.28. The molecular formula is C23H15BrFNO4S. The lowest BCUT2D eigenvalue weighted by Gasteiger charge is -2.10. The van der Waals surface area contributed by atoms with Crippen molar-refractivity contribution < 1.29 is 23.4 Å². The molecule has 0 fully saturated rings. The van der Waals surface area contributed by atoms with Crippen LogP contribution in [-0.4, -0.2) is 16.1 Å². The summed E-state index contributed by atoms with van der Waals surface area (Å²) in [7, 11) is 0. The highest BCUT2D eigenvalue weighted by molar-refractivity contribution is 9.10. The molecule has 1 aromatic heterocycles.